The number of rotatable bonds is 3. The molecule has 0 saturated heterocycles. The highest BCUT2D eigenvalue weighted by molar-refractivity contribution is 6.30. The van der Waals surface area contributed by atoms with Crippen molar-refractivity contribution in [2.75, 3.05) is 13.1 Å². The summed E-state index contributed by atoms with van der Waals surface area (Å²) < 4.78 is 0. The Morgan fingerprint density at radius 3 is 2.48 bits per heavy atom. The summed E-state index contributed by atoms with van der Waals surface area (Å²) in [7, 11) is 0. The summed E-state index contributed by atoms with van der Waals surface area (Å²) in [6.45, 7) is 0.544. The van der Waals surface area contributed by atoms with E-state index in [2.05, 4.69) is 0 Å². The number of carbonyl (C=O) groups is 1. The minimum atomic E-state index is -1.50. The molecule has 0 radical (unpaired) electrons. The Morgan fingerprint density at radius 1 is 1.14 bits per heavy atom. The highest BCUT2D eigenvalue weighted by Gasteiger charge is 2.49. The Balaban J connectivity index is 2.21. The van der Waals surface area contributed by atoms with Gasteiger partial charge in [0.15, 0.2) is 5.72 Å². The van der Waals surface area contributed by atoms with Gasteiger partial charge in [0, 0.05) is 34.8 Å². The largest absolute Gasteiger partial charge is 0.363 e. The summed E-state index contributed by atoms with van der Waals surface area (Å²) in [5.74, 6) is -0.214. The molecule has 1 amide bonds. The first-order chi connectivity index (χ1) is 10.1. The highest BCUT2D eigenvalue weighted by atomic mass is 35.5. The minimum absolute atomic E-state index is 0.214. The van der Waals surface area contributed by atoms with Crippen molar-refractivity contribution in [1.82, 2.24) is 4.90 Å². The van der Waals surface area contributed by atoms with Gasteiger partial charge < -0.3 is 15.7 Å². The van der Waals surface area contributed by atoms with E-state index in [-0.39, 0.29) is 19.0 Å². The van der Waals surface area contributed by atoms with Gasteiger partial charge in [-0.1, -0.05) is 41.9 Å². The summed E-state index contributed by atoms with van der Waals surface area (Å²) in [5, 5.41) is 11.8. The minimum Gasteiger partial charge on any atom is -0.363 e. The molecule has 1 atom stereocenters. The zero-order chi connectivity index (χ0) is 15.0. The summed E-state index contributed by atoms with van der Waals surface area (Å²) >= 11 is 5.91. The molecule has 2 aromatic rings. The van der Waals surface area contributed by atoms with Crippen molar-refractivity contribution in [3.63, 3.8) is 0 Å². The van der Waals surface area contributed by atoms with E-state index in [0.717, 1.165) is 0 Å². The monoisotopic (exact) mass is 302 g/mol. The molecule has 0 unspecified atom stereocenters. The lowest BCUT2D eigenvalue weighted by atomic mass is 9.94. The molecule has 1 heterocycles. The molecule has 1 aliphatic rings. The van der Waals surface area contributed by atoms with E-state index in [4.69, 9.17) is 17.3 Å². The van der Waals surface area contributed by atoms with Gasteiger partial charge >= 0.3 is 0 Å². The number of fused-ring (bicyclic) bond motifs is 1. The molecule has 0 saturated carbocycles. The lowest BCUT2D eigenvalue weighted by Crippen LogP contribution is -2.46. The van der Waals surface area contributed by atoms with Crippen LogP contribution in [0.2, 0.25) is 5.02 Å². The fraction of sp³-hybridized carbons (Fsp3) is 0.188. The first-order valence-corrected chi connectivity index (χ1v) is 7.07. The molecule has 4 nitrogen and oxygen atoms in total. The summed E-state index contributed by atoms with van der Waals surface area (Å²) in [6.07, 6.45) is 0. The number of carbonyl (C=O) groups excluding carboxylic acids is 1. The average Bonchev–Trinajstić information content (AvgIpc) is 2.72. The van der Waals surface area contributed by atoms with Crippen molar-refractivity contribution in [1.29, 1.82) is 0 Å². The van der Waals surface area contributed by atoms with Gasteiger partial charge in [-0.3, -0.25) is 4.79 Å². The molecule has 108 valence electrons. The molecular weight excluding hydrogens is 288 g/mol. The Labute approximate surface area is 127 Å². The standard InChI is InChI=1S/C16H15ClN2O2/c17-12-7-5-11(6-8-12)16(21)14-4-2-1-3-13(14)15(20)19(16)10-9-18/h1-8,21H,9-10,18H2/t16-/m0/s1. The van der Waals surface area contributed by atoms with Crippen molar-refractivity contribution in [3.05, 3.63) is 70.2 Å². The zero-order valence-electron chi connectivity index (χ0n) is 11.3. The lowest BCUT2D eigenvalue weighted by molar-refractivity contribution is -0.0484. The van der Waals surface area contributed by atoms with Crippen LogP contribution in [0, 0.1) is 0 Å². The van der Waals surface area contributed by atoms with Crippen LogP contribution in [0.1, 0.15) is 21.5 Å². The van der Waals surface area contributed by atoms with Crippen molar-refractivity contribution >= 4 is 17.5 Å². The molecule has 2 aromatic carbocycles. The van der Waals surface area contributed by atoms with E-state index < -0.39 is 5.72 Å². The number of nitrogens with zero attached hydrogens (tertiary/aromatic N) is 1. The van der Waals surface area contributed by atoms with E-state index >= 15 is 0 Å². The normalized spacial score (nSPS) is 20.7. The molecule has 0 bridgehead atoms. The molecule has 0 aromatic heterocycles. The topological polar surface area (TPSA) is 66.6 Å². The third-order valence-electron chi connectivity index (χ3n) is 3.77. The van der Waals surface area contributed by atoms with Crippen LogP contribution in [0.4, 0.5) is 0 Å². The van der Waals surface area contributed by atoms with Crippen LogP contribution in [-0.2, 0) is 5.72 Å². The lowest BCUT2D eigenvalue weighted by Gasteiger charge is -2.34. The Hall–Kier alpha value is -1.88. The Morgan fingerprint density at radius 2 is 1.81 bits per heavy atom. The van der Waals surface area contributed by atoms with E-state index in [0.29, 0.717) is 21.7 Å². The predicted molar refractivity (Wildman–Crippen MR) is 81.0 cm³/mol. The van der Waals surface area contributed by atoms with Gasteiger partial charge in [0.25, 0.3) is 5.91 Å². The van der Waals surface area contributed by atoms with Crippen LogP contribution in [0.5, 0.6) is 0 Å². The summed E-state index contributed by atoms with van der Waals surface area (Å²) in [4.78, 5) is 13.9. The second-order valence-electron chi connectivity index (χ2n) is 4.97. The molecule has 5 heteroatoms. The van der Waals surface area contributed by atoms with E-state index in [1.165, 1.54) is 4.90 Å². The first kappa shape index (κ1) is 14.1. The summed E-state index contributed by atoms with van der Waals surface area (Å²) in [5.41, 5.74) is 5.77. The van der Waals surface area contributed by atoms with Gasteiger partial charge in [-0.2, -0.15) is 0 Å². The Bertz CT molecular complexity index is 687. The molecule has 3 N–H and O–H groups in total. The summed E-state index contributed by atoms with van der Waals surface area (Å²) in [6, 6.07) is 13.9. The quantitative estimate of drug-likeness (QED) is 0.910. The van der Waals surface area contributed by atoms with Gasteiger partial charge in [-0.05, 0) is 18.2 Å². The number of hydrogen-bond donors (Lipinski definition) is 2. The molecule has 3 rings (SSSR count). The van der Waals surface area contributed by atoms with Crippen LogP contribution in [0.15, 0.2) is 48.5 Å². The molecule has 0 aliphatic carbocycles. The van der Waals surface area contributed by atoms with Crippen LogP contribution in [-0.4, -0.2) is 29.0 Å². The SMILES string of the molecule is NCCN1C(=O)c2ccccc2[C@@]1(O)c1ccc(Cl)cc1. The predicted octanol–water partition coefficient (Wildman–Crippen LogP) is 1.95. The van der Waals surface area contributed by atoms with Crippen molar-refractivity contribution in [3.8, 4) is 0 Å². The van der Waals surface area contributed by atoms with Crippen molar-refractivity contribution in [2.24, 2.45) is 5.73 Å². The number of nitrogens with two attached hydrogens (primary N) is 1. The number of halogens is 1. The maximum absolute atomic E-state index is 12.5. The van der Waals surface area contributed by atoms with Gasteiger partial charge in [0.05, 0.1) is 0 Å². The molecular formula is C16H15ClN2O2. The second-order valence-corrected chi connectivity index (χ2v) is 5.41. The Kier molecular flexibility index (Phi) is 3.45. The highest BCUT2D eigenvalue weighted by Crippen LogP contribution is 2.41. The average molecular weight is 303 g/mol. The first-order valence-electron chi connectivity index (χ1n) is 6.69. The molecule has 21 heavy (non-hydrogen) atoms. The van der Waals surface area contributed by atoms with Crippen LogP contribution in [0.3, 0.4) is 0 Å². The maximum Gasteiger partial charge on any atom is 0.257 e. The van der Waals surface area contributed by atoms with E-state index in [1.807, 2.05) is 0 Å². The fourth-order valence-electron chi connectivity index (χ4n) is 2.80. The third-order valence-corrected chi connectivity index (χ3v) is 4.02. The fourth-order valence-corrected chi connectivity index (χ4v) is 2.92. The van der Waals surface area contributed by atoms with Gasteiger partial charge in [-0.15, -0.1) is 0 Å². The van der Waals surface area contributed by atoms with Crippen LogP contribution < -0.4 is 5.73 Å². The molecule has 1 aliphatic heterocycles. The van der Waals surface area contributed by atoms with E-state index in [9.17, 15) is 9.90 Å². The van der Waals surface area contributed by atoms with Gasteiger partial charge in [0.2, 0.25) is 0 Å². The number of amides is 1. The third kappa shape index (κ3) is 2.03. The molecule has 0 spiro atoms. The number of benzene rings is 2. The van der Waals surface area contributed by atoms with Gasteiger partial charge in [0.1, 0.15) is 0 Å². The van der Waals surface area contributed by atoms with Crippen molar-refractivity contribution in [2.45, 2.75) is 5.72 Å². The molecule has 0 fully saturated rings. The van der Waals surface area contributed by atoms with Crippen LogP contribution >= 0.6 is 11.6 Å². The number of hydrogen-bond acceptors (Lipinski definition) is 3. The van der Waals surface area contributed by atoms with Crippen molar-refractivity contribution < 1.29 is 9.90 Å². The van der Waals surface area contributed by atoms with Crippen LogP contribution in [0.25, 0.3) is 0 Å². The smallest absolute Gasteiger partial charge is 0.257 e. The van der Waals surface area contributed by atoms with Gasteiger partial charge in [-0.25, -0.2) is 0 Å². The van der Waals surface area contributed by atoms with E-state index in [1.54, 1.807) is 48.5 Å². The second kappa shape index (κ2) is 5.15. The zero-order valence-corrected chi connectivity index (χ0v) is 12.0. The maximum atomic E-state index is 12.5. The number of aliphatic hydroxyl groups is 1.